The van der Waals surface area contributed by atoms with E-state index >= 15 is 0 Å². The van der Waals surface area contributed by atoms with Crippen molar-refractivity contribution < 1.29 is 4.74 Å². The first kappa shape index (κ1) is 24.9. The number of ether oxygens (including phenoxy) is 1. The molecule has 6 heteroatoms. The number of nitrogens with zero attached hydrogens (tertiary/aromatic N) is 3. The minimum atomic E-state index is 0.556. The average molecular weight is 428 g/mol. The molecule has 6 nitrogen and oxygen atoms in total. The summed E-state index contributed by atoms with van der Waals surface area (Å²) in [6.45, 7) is 14.7. The Bertz CT molecular complexity index is 748. The van der Waals surface area contributed by atoms with Gasteiger partial charge in [0.15, 0.2) is 0 Å². The van der Waals surface area contributed by atoms with Gasteiger partial charge in [0.1, 0.15) is 11.6 Å². The Labute approximate surface area is 188 Å². The van der Waals surface area contributed by atoms with E-state index in [0.29, 0.717) is 19.1 Å². The van der Waals surface area contributed by atoms with Crippen LogP contribution in [0.2, 0.25) is 0 Å². The Hall–Kier alpha value is -2.34. The van der Waals surface area contributed by atoms with Crippen LogP contribution in [0.25, 0.3) is 0 Å². The van der Waals surface area contributed by atoms with Crippen molar-refractivity contribution in [1.29, 1.82) is 5.41 Å². The number of piperazine rings is 1. The van der Waals surface area contributed by atoms with Gasteiger partial charge in [0.2, 0.25) is 0 Å². The summed E-state index contributed by atoms with van der Waals surface area (Å²) in [5.41, 5.74) is 3.28. The van der Waals surface area contributed by atoms with Gasteiger partial charge in [-0.3, -0.25) is 4.99 Å². The molecule has 1 aliphatic heterocycles. The second kappa shape index (κ2) is 13.2. The summed E-state index contributed by atoms with van der Waals surface area (Å²) in [6, 6.07) is 8.10. The van der Waals surface area contributed by atoms with Gasteiger partial charge in [0, 0.05) is 44.6 Å². The van der Waals surface area contributed by atoms with Crippen molar-refractivity contribution in [3.8, 4) is 5.75 Å². The highest BCUT2D eigenvalue weighted by Crippen LogP contribution is 2.22. The van der Waals surface area contributed by atoms with Crippen LogP contribution in [-0.2, 0) is 6.54 Å². The van der Waals surface area contributed by atoms with Crippen LogP contribution in [0.4, 0.5) is 0 Å². The van der Waals surface area contributed by atoms with Gasteiger partial charge in [-0.1, -0.05) is 26.0 Å². The summed E-state index contributed by atoms with van der Waals surface area (Å²) in [6.07, 6.45) is 3.57. The number of allylic oxidation sites excluding steroid dienone is 1. The third-order valence-corrected chi connectivity index (χ3v) is 5.53. The molecule has 0 spiro atoms. The second-order valence-corrected chi connectivity index (χ2v) is 8.50. The van der Waals surface area contributed by atoms with E-state index in [2.05, 4.69) is 49.0 Å². The molecule has 172 valence electrons. The number of aliphatic imine (C=N–C) groups is 1. The highest BCUT2D eigenvalue weighted by atomic mass is 16.5. The Morgan fingerprint density at radius 2 is 1.97 bits per heavy atom. The maximum absolute atomic E-state index is 8.25. The summed E-state index contributed by atoms with van der Waals surface area (Å²) in [7, 11) is 2.17. The number of likely N-dealkylation sites (N-methyl/N-ethyl adjacent to an activating group) is 2. The lowest BCUT2D eigenvalue weighted by Gasteiger charge is -2.37. The van der Waals surface area contributed by atoms with E-state index in [4.69, 9.17) is 15.1 Å². The zero-order chi connectivity index (χ0) is 22.6. The van der Waals surface area contributed by atoms with Crippen LogP contribution < -0.4 is 10.1 Å². The standard InChI is InChI=1S/C25H41N5O/c1-6-27-25(28-19-21-9-8-10-22(17-21)31-7-2)23(18-26)24(12-11-20(3)4)30-15-13-29(5)14-16-30/h8-10,17-18,20,26H,6-7,11-16,19H2,1-5H3,(H,27,28)/b24-23+,26-18?. The molecule has 0 bridgehead atoms. The molecule has 1 aliphatic rings. The van der Waals surface area contributed by atoms with Crippen LogP contribution in [-0.4, -0.2) is 68.2 Å². The molecule has 1 saturated heterocycles. The summed E-state index contributed by atoms with van der Waals surface area (Å²) < 4.78 is 5.63. The Morgan fingerprint density at radius 1 is 1.23 bits per heavy atom. The Balaban J connectivity index is 2.35. The van der Waals surface area contributed by atoms with Crippen LogP contribution in [0.3, 0.4) is 0 Å². The molecule has 2 rings (SSSR count). The van der Waals surface area contributed by atoms with Crippen molar-refractivity contribution in [2.24, 2.45) is 10.9 Å². The maximum Gasteiger partial charge on any atom is 0.131 e. The fourth-order valence-electron chi connectivity index (χ4n) is 3.73. The third kappa shape index (κ3) is 8.02. The Kier molecular flexibility index (Phi) is 10.6. The fourth-order valence-corrected chi connectivity index (χ4v) is 3.73. The lowest BCUT2D eigenvalue weighted by molar-refractivity contribution is 0.180. The van der Waals surface area contributed by atoms with Crippen LogP contribution in [0.1, 0.15) is 46.1 Å². The lowest BCUT2D eigenvalue weighted by atomic mass is 10.0. The first-order valence-corrected chi connectivity index (χ1v) is 11.7. The van der Waals surface area contributed by atoms with Gasteiger partial charge in [-0.05, 0) is 57.4 Å². The molecule has 1 fully saturated rings. The zero-order valence-corrected chi connectivity index (χ0v) is 20.1. The number of amidine groups is 1. The molecule has 0 saturated carbocycles. The number of benzene rings is 1. The van der Waals surface area contributed by atoms with Gasteiger partial charge >= 0.3 is 0 Å². The van der Waals surface area contributed by atoms with Crippen molar-refractivity contribution in [1.82, 2.24) is 15.1 Å². The van der Waals surface area contributed by atoms with Crippen LogP contribution in [0.5, 0.6) is 5.75 Å². The SMILES string of the molecule is CCNC(=NCc1cccc(OCC)c1)/C(C=N)=C(\CCC(C)C)N1CCN(C)CC1. The van der Waals surface area contributed by atoms with E-state index in [1.165, 1.54) is 11.9 Å². The summed E-state index contributed by atoms with van der Waals surface area (Å²) in [5.74, 6) is 2.31. The number of nitrogens with one attached hydrogen (secondary N) is 2. The van der Waals surface area contributed by atoms with Gasteiger partial charge < -0.3 is 25.3 Å². The molecule has 1 aromatic carbocycles. The lowest BCUT2D eigenvalue weighted by Crippen LogP contribution is -2.45. The number of hydrogen-bond donors (Lipinski definition) is 2. The van der Waals surface area contributed by atoms with Gasteiger partial charge in [-0.15, -0.1) is 0 Å². The van der Waals surface area contributed by atoms with Crippen molar-refractivity contribution in [3.63, 3.8) is 0 Å². The van der Waals surface area contributed by atoms with Gasteiger partial charge in [-0.25, -0.2) is 0 Å². The minimum absolute atomic E-state index is 0.556. The monoisotopic (exact) mass is 427 g/mol. The van der Waals surface area contributed by atoms with Crippen molar-refractivity contribution >= 4 is 12.1 Å². The summed E-state index contributed by atoms with van der Waals surface area (Å²) in [4.78, 5) is 9.75. The van der Waals surface area contributed by atoms with Gasteiger partial charge in [0.05, 0.1) is 18.7 Å². The molecule has 1 heterocycles. The molecule has 0 unspecified atom stereocenters. The molecule has 0 amide bonds. The topological polar surface area (TPSA) is 64.0 Å². The maximum atomic E-state index is 8.25. The molecule has 31 heavy (non-hydrogen) atoms. The highest BCUT2D eigenvalue weighted by Gasteiger charge is 2.21. The van der Waals surface area contributed by atoms with Crippen LogP contribution in [0, 0.1) is 11.3 Å². The Morgan fingerprint density at radius 3 is 2.58 bits per heavy atom. The predicted octanol–water partition coefficient (Wildman–Crippen LogP) is 4.18. The molecule has 0 atom stereocenters. The smallest absolute Gasteiger partial charge is 0.131 e. The largest absolute Gasteiger partial charge is 0.494 e. The molecule has 0 radical (unpaired) electrons. The molecule has 0 aromatic heterocycles. The highest BCUT2D eigenvalue weighted by molar-refractivity contribution is 6.14. The van der Waals surface area contributed by atoms with Gasteiger partial charge in [-0.2, -0.15) is 0 Å². The van der Waals surface area contributed by atoms with Crippen molar-refractivity contribution in [2.75, 3.05) is 46.4 Å². The van der Waals surface area contributed by atoms with Gasteiger partial charge in [0.25, 0.3) is 0 Å². The number of hydrogen-bond acceptors (Lipinski definition) is 5. The van der Waals surface area contributed by atoms with E-state index in [-0.39, 0.29) is 0 Å². The van der Waals surface area contributed by atoms with Crippen molar-refractivity contribution in [3.05, 3.63) is 41.1 Å². The summed E-state index contributed by atoms with van der Waals surface area (Å²) >= 11 is 0. The second-order valence-electron chi connectivity index (χ2n) is 8.50. The van der Waals surface area contributed by atoms with Crippen LogP contribution in [0.15, 0.2) is 40.5 Å². The van der Waals surface area contributed by atoms with Crippen molar-refractivity contribution in [2.45, 2.75) is 47.1 Å². The minimum Gasteiger partial charge on any atom is -0.494 e. The van der Waals surface area contributed by atoms with E-state index in [1.54, 1.807) is 0 Å². The quantitative estimate of drug-likeness (QED) is 0.411. The molecular weight excluding hydrogens is 386 g/mol. The van der Waals surface area contributed by atoms with E-state index in [0.717, 1.165) is 68.3 Å². The fraction of sp³-hybridized carbons (Fsp3) is 0.600. The predicted molar refractivity (Wildman–Crippen MR) is 131 cm³/mol. The molecule has 0 aliphatic carbocycles. The average Bonchev–Trinajstić information content (AvgIpc) is 2.75. The van der Waals surface area contributed by atoms with E-state index in [9.17, 15) is 0 Å². The first-order chi connectivity index (χ1) is 15.0. The van der Waals surface area contributed by atoms with Crippen LogP contribution >= 0.6 is 0 Å². The molecular formula is C25H41N5O. The third-order valence-electron chi connectivity index (χ3n) is 5.53. The number of rotatable bonds is 11. The normalized spacial score (nSPS) is 16.3. The van der Waals surface area contributed by atoms with E-state index < -0.39 is 0 Å². The molecule has 1 aromatic rings. The zero-order valence-electron chi connectivity index (χ0n) is 20.1. The van der Waals surface area contributed by atoms with E-state index in [1.807, 2.05) is 25.1 Å². The molecule has 2 N–H and O–H groups in total. The first-order valence-electron chi connectivity index (χ1n) is 11.7. The summed E-state index contributed by atoms with van der Waals surface area (Å²) in [5, 5.41) is 11.7.